The molecule has 0 radical (unpaired) electrons. The Balaban J connectivity index is 2.94. The van der Waals surface area contributed by atoms with Gasteiger partial charge in [0.2, 0.25) is 0 Å². The van der Waals surface area contributed by atoms with Gasteiger partial charge in [0.25, 0.3) is 0 Å². The van der Waals surface area contributed by atoms with Gasteiger partial charge in [0.15, 0.2) is 0 Å². The van der Waals surface area contributed by atoms with Crippen LogP contribution in [-0.2, 0) is 4.74 Å². The quantitative estimate of drug-likeness (QED) is 0.834. The lowest BCUT2D eigenvalue weighted by Gasteiger charge is -2.33. The summed E-state index contributed by atoms with van der Waals surface area (Å²) in [7, 11) is 1.73. The monoisotopic (exact) mass is 213 g/mol. The maximum atomic E-state index is 6.22. The predicted octanol–water partition coefficient (Wildman–Crippen LogP) is 2.87. The zero-order chi connectivity index (χ0) is 10.8. The van der Waals surface area contributed by atoms with Crippen molar-refractivity contribution in [3.05, 3.63) is 21.9 Å². The number of ether oxygens (including phenoxy) is 1. The summed E-state index contributed by atoms with van der Waals surface area (Å²) < 4.78 is 5.51. The minimum atomic E-state index is -0.258. The van der Waals surface area contributed by atoms with Crippen LogP contribution in [0.5, 0.6) is 0 Å². The lowest BCUT2D eigenvalue weighted by molar-refractivity contribution is -0.0195. The third kappa shape index (κ3) is 2.00. The van der Waals surface area contributed by atoms with E-state index >= 15 is 0 Å². The molecule has 14 heavy (non-hydrogen) atoms. The molecule has 0 amide bonds. The van der Waals surface area contributed by atoms with E-state index in [1.807, 2.05) is 0 Å². The van der Waals surface area contributed by atoms with E-state index in [2.05, 4.69) is 32.2 Å². The Morgan fingerprint density at radius 2 is 2.29 bits per heavy atom. The molecule has 0 aliphatic heterocycles. The maximum Gasteiger partial charge on any atom is 0.0840 e. The summed E-state index contributed by atoms with van der Waals surface area (Å²) in [4.78, 5) is 1.29. The van der Waals surface area contributed by atoms with Gasteiger partial charge in [0, 0.05) is 12.0 Å². The van der Waals surface area contributed by atoms with Crippen molar-refractivity contribution in [2.75, 3.05) is 7.11 Å². The Morgan fingerprint density at radius 3 is 2.64 bits per heavy atom. The van der Waals surface area contributed by atoms with Crippen LogP contribution < -0.4 is 5.73 Å². The van der Waals surface area contributed by atoms with Crippen molar-refractivity contribution in [2.24, 2.45) is 5.73 Å². The molecule has 0 saturated carbocycles. The molecule has 3 heteroatoms. The highest BCUT2D eigenvalue weighted by Crippen LogP contribution is 2.32. The standard InChI is InChI=1S/C11H19NOS/c1-5-11(3,13-4)10(12)9-6-7-14-8(9)2/h6-7,10H,5,12H2,1-4H3. The fraction of sp³-hybridized carbons (Fsp3) is 0.636. The lowest BCUT2D eigenvalue weighted by atomic mass is 9.89. The second-order valence-corrected chi connectivity index (χ2v) is 4.90. The van der Waals surface area contributed by atoms with Gasteiger partial charge < -0.3 is 10.5 Å². The van der Waals surface area contributed by atoms with E-state index in [-0.39, 0.29) is 11.6 Å². The third-order valence-electron chi connectivity index (χ3n) is 3.06. The van der Waals surface area contributed by atoms with Crippen LogP contribution in [0.3, 0.4) is 0 Å². The van der Waals surface area contributed by atoms with Gasteiger partial charge in [-0.1, -0.05) is 6.92 Å². The highest BCUT2D eigenvalue weighted by Gasteiger charge is 2.31. The zero-order valence-electron chi connectivity index (χ0n) is 9.33. The molecule has 0 bridgehead atoms. The molecule has 1 aromatic heterocycles. The smallest absolute Gasteiger partial charge is 0.0840 e. The van der Waals surface area contributed by atoms with E-state index in [0.29, 0.717) is 0 Å². The third-order valence-corrected chi connectivity index (χ3v) is 3.92. The van der Waals surface area contributed by atoms with Crippen LogP contribution in [0.25, 0.3) is 0 Å². The highest BCUT2D eigenvalue weighted by molar-refractivity contribution is 7.10. The van der Waals surface area contributed by atoms with Gasteiger partial charge in [-0.3, -0.25) is 0 Å². The van der Waals surface area contributed by atoms with E-state index in [1.54, 1.807) is 18.4 Å². The first-order chi connectivity index (χ1) is 6.55. The molecule has 2 atom stereocenters. The van der Waals surface area contributed by atoms with Crippen LogP contribution >= 0.6 is 11.3 Å². The molecule has 0 saturated heterocycles. The molecule has 0 fully saturated rings. The Morgan fingerprint density at radius 1 is 1.64 bits per heavy atom. The van der Waals surface area contributed by atoms with Crippen LogP contribution in [0.4, 0.5) is 0 Å². The minimum Gasteiger partial charge on any atom is -0.377 e. The van der Waals surface area contributed by atoms with Crippen molar-refractivity contribution >= 4 is 11.3 Å². The molecular weight excluding hydrogens is 194 g/mol. The van der Waals surface area contributed by atoms with Crippen molar-refractivity contribution < 1.29 is 4.74 Å². The largest absolute Gasteiger partial charge is 0.377 e. The summed E-state index contributed by atoms with van der Waals surface area (Å²) in [5.74, 6) is 0. The summed E-state index contributed by atoms with van der Waals surface area (Å²) >= 11 is 1.73. The zero-order valence-corrected chi connectivity index (χ0v) is 10.1. The first kappa shape index (κ1) is 11.7. The molecule has 80 valence electrons. The molecule has 1 heterocycles. The molecule has 0 aromatic carbocycles. The fourth-order valence-electron chi connectivity index (χ4n) is 1.54. The molecule has 0 aliphatic rings. The molecular formula is C11H19NOS. The normalized spacial score (nSPS) is 17.8. The molecule has 1 aromatic rings. The van der Waals surface area contributed by atoms with Crippen LogP contribution in [-0.4, -0.2) is 12.7 Å². The number of nitrogens with two attached hydrogens (primary N) is 1. The molecule has 2 N–H and O–H groups in total. The number of rotatable bonds is 4. The number of hydrogen-bond acceptors (Lipinski definition) is 3. The number of hydrogen-bond donors (Lipinski definition) is 1. The van der Waals surface area contributed by atoms with Crippen LogP contribution in [0.1, 0.15) is 36.8 Å². The average molecular weight is 213 g/mol. The van der Waals surface area contributed by atoms with Crippen LogP contribution in [0, 0.1) is 6.92 Å². The van der Waals surface area contributed by atoms with Crippen molar-refractivity contribution in [2.45, 2.75) is 38.8 Å². The topological polar surface area (TPSA) is 35.2 Å². The van der Waals surface area contributed by atoms with Crippen molar-refractivity contribution in [1.29, 1.82) is 0 Å². The molecule has 1 rings (SSSR count). The van der Waals surface area contributed by atoms with Crippen LogP contribution in [0.2, 0.25) is 0 Å². The van der Waals surface area contributed by atoms with Gasteiger partial charge in [0.05, 0.1) is 11.6 Å². The van der Waals surface area contributed by atoms with Gasteiger partial charge in [-0.25, -0.2) is 0 Å². The summed E-state index contributed by atoms with van der Waals surface area (Å²) in [5, 5.41) is 2.08. The summed E-state index contributed by atoms with van der Waals surface area (Å²) in [6.45, 7) is 6.27. The van der Waals surface area contributed by atoms with E-state index in [0.717, 1.165) is 6.42 Å². The first-order valence-corrected chi connectivity index (χ1v) is 5.78. The summed E-state index contributed by atoms with van der Waals surface area (Å²) in [6, 6.07) is 2.06. The van der Waals surface area contributed by atoms with Gasteiger partial charge in [-0.15, -0.1) is 11.3 Å². The number of methoxy groups -OCH3 is 1. The highest BCUT2D eigenvalue weighted by atomic mass is 32.1. The molecule has 0 spiro atoms. The Hall–Kier alpha value is -0.380. The molecule has 0 aliphatic carbocycles. The average Bonchev–Trinajstić information content (AvgIpc) is 2.62. The maximum absolute atomic E-state index is 6.22. The van der Waals surface area contributed by atoms with Gasteiger partial charge in [-0.05, 0) is 37.3 Å². The van der Waals surface area contributed by atoms with Crippen LogP contribution in [0.15, 0.2) is 11.4 Å². The van der Waals surface area contributed by atoms with Gasteiger partial charge in [0.1, 0.15) is 0 Å². The summed E-state index contributed by atoms with van der Waals surface area (Å²) in [6.07, 6.45) is 0.917. The molecule has 2 nitrogen and oxygen atoms in total. The van der Waals surface area contributed by atoms with Crippen molar-refractivity contribution in [1.82, 2.24) is 0 Å². The number of aryl methyl sites for hydroxylation is 1. The van der Waals surface area contributed by atoms with Gasteiger partial charge in [-0.2, -0.15) is 0 Å². The first-order valence-electron chi connectivity index (χ1n) is 4.90. The van der Waals surface area contributed by atoms with E-state index < -0.39 is 0 Å². The Kier molecular flexibility index (Phi) is 3.70. The van der Waals surface area contributed by atoms with Crippen molar-refractivity contribution in [3.63, 3.8) is 0 Å². The lowest BCUT2D eigenvalue weighted by Crippen LogP contribution is -2.39. The minimum absolute atomic E-state index is 0.0382. The second-order valence-electron chi connectivity index (χ2n) is 3.78. The molecule has 2 unspecified atom stereocenters. The van der Waals surface area contributed by atoms with E-state index in [1.165, 1.54) is 10.4 Å². The summed E-state index contributed by atoms with van der Waals surface area (Å²) in [5.41, 5.74) is 7.17. The predicted molar refractivity (Wildman–Crippen MR) is 61.7 cm³/mol. The number of thiophene rings is 1. The van der Waals surface area contributed by atoms with Crippen molar-refractivity contribution in [3.8, 4) is 0 Å². The SMILES string of the molecule is CCC(C)(OC)C(N)c1ccsc1C. The second kappa shape index (κ2) is 4.43. The Bertz CT molecular complexity index is 291. The van der Waals surface area contributed by atoms with E-state index in [9.17, 15) is 0 Å². The van der Waals surface area contributed by atoms with Gasteiger partial charge >= 0.3 is 0 Å². The fourth-order valence-corrected chi connectivity index (χ4v) is 2.29. The van der Waals surface area contributed by atoms with E-state index in [4.69, 9.17) is 10.5 Å². The Labute approximate surface area is 90.1 Å².